The van der Waals surface area contributed by atoms with Crippen LogP contribution >= 0.6 is 22.6 Å². The van der Waals surface area contributed by atoms with Gasteiger partial charge in [0.2, 0.25) is 0 Å². The predicted molar refractivity (Wildman–Crippen MR) is 109 cm³/mol. The van der Waals surface area contributed by atoms with E-state index in [0.717, 1.165) is 38.9 Å². The smallest absolute Gasteiger partial charge is 0.123 e. The maximum Gasteiger partial charge on any atom is 0.123 e. The summed E-state index contributed by atoms with van der Waals surface area (Å²) in [5.74, 6) is -0.154. The Balaban J connectivity index is 1.80. The Labute approximate surface area is 159 Å². The van der Waals surface area contributed by atoms with Gasteiger partial charge in [0.25, 0.3) is 0 Å². The Bertz CT molecular complexity index is 624. The molecule has 0 bridgehead atoms. The molecule has 0 atom stereocenters. The third kappa shape index (κ3) is 6.52. The van der Waals surface area contributed by atoms with Crippen molar-refractivity contribution in [2.45, 2.75) is 39.5 Å². The van der Waals surface area contributed by atoms with Gasteiger partial charge in [-0.25, -0.2) is 4.39 Å². The Kier molecular flexibility index (Phi) is 8.19. The second-order valence-electron chi connectivity index (χ2n) is 6.41. The molecule has 0 aliphatic rings. The van der Waals surface area contributed by atoms with Gasteiger partial charge in [-0.1, -0.05) is 31.2 Å². The summed E-state index contributed by atoms with van der Waals surface area (Å²) in [5.41, 5.74) is 4.00. The van der Waals surface area contributed by atoms with Crippen LogP contribution in [0.15, 0.2) is 42.5 Å². The average Bonchev–Trinajstić information content (AvgIpc) is 2.57. The fraction of sp³-hybridized carbons (Fsp3) is 0.429. The first-order valence-corrected chi connectivity index (χ1v) is 9.88. The molecule has 0 fully saturated rings. The van der Waals surface area contributed by atoms with E-state index < -0.39 is 0 Å². The fourth-order valence-corrected chi connectivity index (χ4v) is 3.47. The molecule has 130 valence electrons. The molecule has 2 aromatic rings. The molecule has 0 N–H and O–H groups in total. The lowest BCUT2D eigenvalue weighted by molar-refractivity contribution is 0.274. The van der Waals surface area contributed by atoms with Crippen molar-refractivity contribution in [2.75, 3.05) is 19.6 Å². The Morgan fingerprint density at radius 3 is 2.29 bits per heavy atom. The summed E-state index contributed by atoms with van der Waals surface area (Å²) in [6.45, 7) is 7.75. The van der Waals surface area contributed by atoms with Crippen molar-refractivity contribution >= 4 is 22.6 Å². The van der Waals surface area contributed by atoms with Crippen LogP contribution in [0.3, 0.4) is 0 Å². The number of aryl methyl sites for hydroxylation is 2. The number of hydrogen-bond acceptors (Lipinski definition) is 1. The van der Waals surface area contributed by atoms with E-state index in [1.165, 1.54) is 26.7 Å². The molecule has 0 aliphatic carbocycles. The summed E-state index contributed by atoms with van der Waals surface area (Å²) in [7, 11) is 0. The zero-order chi connectivity index (χ0) is 17.4. The van der Waals surface area contributed by atoms with E-state index in [2.05, 4.69) is 59.5 Å². The van der Waals surface area contributed by atoms with Gasteiger partial charge < -0.3 is 4.90 Å². The van der Waals surface area contributed by atoms with Crippen LogP contribution in [0.1, 0.15) is 36.5 Å². The molecule has 0 aliphatic heterocycles. The molecule has 1 nitrogen and oxygen atoms in total. The zero-order valence-corrected chi connectivity index (χ0v) is 16.9. The standard InChI is InChI=1S/C21H27FIN/c1-3-13-24(14-4-5-18-8-10-20(22)11-9-18)15-12-19-7-6-17(2)21(23)16-19/h6-11,16H,3-5,12-15H2,1-2H3. The summed E-state index contributed by atoms with van der Waals surface area (Å²) < 4.78 is 14.3. The van der Waals surface area contributed by atoms with Crippen LogP contribution in [-0.2, 0) is 12.8 Å². The summed E-state index contributed by atoms with van der Waals surface area (Å²) in [6.07, 6.45) is 4.43. The van der Waals surface area contributed by atoms with Crippen LogP contribution < -0.4 is 0 Å². The topological polar surface area (TPSA) is 3.24 Å². The molecule has 0 aromatic heterocycles. The van der Waals surface area contributed by atoms with Crippen molar-refractivity contribution < 1.29 is 4.39 Å². The molecule has 0 unspecified atom stereocenters. The van der Waals surface area contributed by atoms with Crippen molar-refractivity contribution in [1.82, 2.24) is 4.90 Å². The van der Waals surface area contributed by atoms with Crippen molar-refractivity contribution in [3.8, 4) is 0 Å². The quantitative estimate of drug-likeness (QED) is 0.458. The molecule has 0 saturated heterocycles. The van der Waals surface area contributed by atoms with Crippen molar-refractivity contribution in [1.29, 1.82) is 0 Å². The van der Waals surface area contributed by atoms with Gasteiger partial charge in [0.05, 0.1) is 0 Å². The first-order valence-electron chi connectivity index (χ1n) is 8.80. The van der Waals surface area contributed by atoms with E-state index in [4.69, 9.17) is 0 Å². The van der Waals surface area contributed by atoms with Crippen LogP contribution in [0.4, 0.5) is 4.39 Å². The molecule has 0 heterocycles. The number of nitrogens with zero attached hydrogens (tertiary/aromatic N) is 1. The third-order valence-electron chi connectivity index (χ3n) is 4.35. The minimum Gasteiger partial charge on any atom is -0.303 e. The highest BCUT2D eigenvalue weighted by Gasteiger charge is 2.06. The maximum atomic E-state index is 12.9. The van der Waals surface area contributed by atoms with Crippen LogP contribution in [0.25, 0.3) is 0 Å². The molecule has 2 aromatic carbocycles. The normalized spacial score (nSPS) is 11.2. The van der Waals surface area contributed by atoms with Crippen molar-refractivity contribution in [3.05, 3.63) is 68.5 Å². The molecule has 0 radical (unpaired) electrons. The first kappa shape index (κ1) is 19.4. The second kappa shape index (κ2) is 10.1. The SMILES string of the molecule is CCCN(CCCc1ccc(F)cc1)CCc1ccc(C)c(I)c1. The highest BCUT2D eigenvalue weighted by molar-refractivity contribution is 14.1. The van der Waals surface area contributed by atoms with Gasteiger partial charge in [-0.2, -0.15) is 0 Å². The molecule has 0 spiro atoms. The number of hydrogen-bond donors (Lipinski definition) is 0. The van der Waals surface area contributed by atoms with Gasteiger partial charge in [0, 0.05) is 10.1 Å². The molecule has 2 rings (SSSR count). The largest absolute Gasteiger partial charge is 0.303 e. The van der Waals surface area contributed by atoms with E-state index in [9.17, 15) is 4.39 Å². The van der Waals surface area contributed by atoms with Gasteiger partial charge in [-0.05, 0) is 103 Å². The van der Waals surface area contributed by atoms with Crippen LogP contribution in [0, 0.1) is 16.3 Å². The zero-order valence-electron chi connectivity index (χ0n) is 14.7. The molecule has 0 saturated carbocycles. The number of rotatable bonds is 9. The lowest BCUT2D eigenvalue weighted by Gasteiger charge is -2.22. The van der Waals surface area contributed by atoms with Gasteiger partial charge in [0.1, 0.15) is 5.82 Å². The average molecular weight is 439 g/mol. The van der Waals surface area contributed by atoms with Crippen LogP contribution in [0.5, 0.6) is 0 Å². The van der Waals surface area contributed by atoms with Crippen LogP contribution in [0.2, 0.25) is 0 Å². The highest BCUT2D eigenvalue weighted by Crippen LogP contribution is 2.14. The van der Waals surface area contributed by atoms with Gasteiger partial charge in [0.15, 0.2) is 0 Å². The van der Waals surface area contributed by atoms with Crippen molar-refractivity contribution in [3.63, 3.8) is 0 Å². The lowest BCUT2D eigenvalue weighted by Crippen LogP contribution is -2.28. The summed E-state index contributed by atoms with van der Waals surface area (Å²) in [4.78, 5) is 2.55. The first-order chi connectivity index (χ1) is 11.6. The summed E-state index contributed by atoms with van der Waals surface area (Å²) in [5, 5.41) is 0. The Morgan fingerprint density at radius 1 is 0.917 bits per heavy atom. The fourth-order valence-electron chi connectivity index (χ4n) is 2.89. The molecule has 24 heavy (non-hydrogen) atoms. The number of benzene rings is 2. The number of halogens is 2. The molecular weight excluding hydrogens is 412 g/mol. The van der Waals surface area contributed by atoms with Gasteiger partial charge >= 0.3 is 0 Å². The minimum atomic E-state index is -0.154. The third-order valence-corrected chi connectivity index (χ3v) is 5.51. The van der Waals surface area contributed by atoms with E-state index in [1.54, 1.807) is 12.1 Å². The van der Waals surface area contributed by atoms with E-state index in [1.807, 2.05) is 12.1 Å². The Morgan fingerprint density at radius 2 is 1.62 bits per heavy atom. The maximum absolute atomic E-state index is 12.9. The lowest BCUT2D eigenvalue weighted by atomic mass is 10.1. The monoisotopic (exact) mass is 439 g/mol. The van der Waals surface area contributed by atoms with E-state index in [-0.39, 0.29) is 5.82 Å². The predicted octanol–water partition coefficient (Wildman–Crippen LogP) is 5.63. The van der Waals surface area contributed by atoms with E-state index in [0.29, 0.717) is 0 Å². The molecule has 0 amide bonds. The highest BCUT2D eigenvalue weighted by atomic mass is 127. The van der Waals surface area contributed by atoms with Gasteiger partial charge in [-0.15, -0.1) is 0 Å². The van der Waals surface area contributed by atoms with Crippen molar-refractivity contribution in [2.24, 2.45) is 0 Å². The molecular formula is C21H27FIN. The molecule has 3 heteroatoms. The van der Waals surface area contributed by atoms with Crippen LogP contribution in [-0.4, -0.2) is 24.5 Å². The minimum absolute atomic E-state index is 0.154. The summed E-state index contributed by atoms with van der Waals surface area (Å²) >= 11 is 2.41. The Hall–Kier alpha value is -0.940. The summed E-state index contributed by atoms with van der Waals surface area (Å²) in [6, 6.07) is 13.7. The van der Waals surface area contributed by atoms with Gasteiger partial charge in [-0.3, -0.25) is 0 Å². The second-order valence-corrected chi connectivity index (χ2v) is 7.57. The van der Waals surface area contributed by atoms with E-state index >= 15 is 0 Å².